The molecule has 2 aromatic heterocycles. The predicted molar refractivity (Wildman–Crippen MR) is 112 cm³/mol. The summed E-state index contributed by atoms with van der Waals surface area (Å²) in [6, 6.07) is 22.7. The van der Waals surface area contributed by atoms with Gasteiger partial charge in [0, 0.05) is 37.8 Å². The van der Waals surface area contributed by atoms with Crippen LogP contribution < -0.4 is 0 Å². The highest BCUT2D eigenvalue weighted by Crippen LogP contribution is 2.33. The van der Waals surface area contributed by atoms with Gasteiger partial charge in [-0.25, -0.2) is 4.98 Å². The van der Waals surface area contributed by atoms with E-state index in [4.69, 9.17) is 0 Å². The molecule has 0 bridgehead atoms. The molecule has 1 atom stereocenters. The number of hydrogen-bond acceptors (Lipinski definition) is 3. The van der Waals surface area contributed by atoms with E-state index < -0.39 is 0 Å². The molecule has 0 saturated carbocycles. The molecule has 4 nitrogen and oxygen atoms in total. The maximum atomic E-state index is 13.2. The van der Waals surface area contributed by atoms with Gasteiger partial charge in [-0.05, 0) is 29.8 Å². The van der Waals surface area contributed by atoms with Gasteiger partial charge in [0.2, 0.25) is 5.91 Å². The topological polar surface area (TPSA) is 38.1 Å². The van der Waals surface area contributed by atoms with E-state index in [-0.39, 0.29) is 11.9 Å². The zero-order valence-corrected chi connectivity index (χ0v) is 16.3. The zero-order chi connectivity index (χ0) is 18.9. The molecule has 1 aliphatic heterocycles. The summed E-state index contributed by atoms with van der Waals surface area (Å²) in [5.41, 5.74) is 3.37. The summed E-state index contributed by atoms with van der Waals surface area (Å²) in [6.07, 6.45) is 3.29. The predicted octanol–water partition coefficient (Wildman–Crippen LogP) is 4.66. The number of carbonyl (C=O) groups is 1. The Morgan fingerprint density at radius 2 is 1.82 bits per heavy atom. The van der Waals surface area contributed by atoms with Crippen LogP contribution in [0, 0.1) is 0 Å². The molecule has 3 heterocycles. The van der Waals surface area contributed by atoms with E-state index in [0.717, 1.165) is 29.2 Å². The van der Waals surface area contributed by atoms with Crippen molar-refractivity contribution in [1.82, 2.24) is 14.5 Å². The fraction of sp³-hybridized carbons (Fsp3) is 0.217. The first-order chi connectivity index (χ1) is 13.8. The number of fused-ring (bicyclic) bond motifs is 2. The molecular formula is C23H21N3OS. The van der Waals surface area contributed by atoms with Crippen molar-refractivity contribution in [3.05, 3.63) is 89.2 Å². The fourth-order valence-corrected chi connectivity index (χ4v) is 4.99. The fourth-order valence-electron chi connectivity index (χ4n) is 4.02. The Labute approximate surface area is 168 Å². The van der Waals surface area contributed by atoms with E-state index >= 15 is 0 Å². The molecule has 0 spiro atoms. The molecule has 0 N–H and O–H groups in total. The van der Waals surface area contributed by atoms with Gasteiger partial charge in [-0.2, -0.15) is 0 Å². The SMILES string of the molecule is O=C(CCc1nc2ccccc2s1)N1CCn2cccc2C1c1ccccc1. The molecule has 1 amide bonds. The summed E-state index contributed by atoms with van der Waals surface area (Å²) >= 11 is 1.69. The Hall–Kier alpha value is -2.92. The minimum atomic E-state index is -0.0205. The van der Waals surface area contributed by atoms with Crippen LogP contribution in [0.4, 0.5) is 0 Å². The first-order valence-electron chi connectivity index (χ1n) is 9.63. The monoisotopic (exact) mass is 387 g/mol. The lowest BCUT2D eigenvalue weighted by molar-refractivity contribution is -0.133. The van der Waals surface area contributed by atoms with Gasteiger partial charge in [0.1, 0.15) is 0 Å². The summed E-state index contributed by atoms with van der Waals surface area (Å²) in [5.74, 6) is 0.195. The number of amides is 1. The Bertz CT molecular complexity index is 1080. The van der Waals surface area contributed by atoms with Crippen LogP contribution in [0.5, 0.6) is 0 Å². The lowest BCUT2D eigenvalue weighted by Gasteiger charge is -2.37. The number of rotatable bonds is 4. The van der Waals surface area contributed by atoms with Crippen molar-refractivity contribution in [1.29, 1.82) is 0 Å². The van der Waals surface area contributed by atoms with Crippen molar-refractivity contribution in [2.24, 2.45) is 0 Å². The lowest BCUT2D eigenvalue weighted by atomic mass is 9.99. The number of para-hydroxylation sites is 1. The van der Waals surface area contributed by atoms with Crippen LogP contribution >= 0.6 is 11.3 Å². The van der Waals surface area contributed by atoms with Gasteiger partial charge < -0.3 is 9.47 Å². The lowest BCUT2D eigenvalue weighted by Crippen LogP contribution is -2.42. The van der Waals surface area contributed by atoms with E-state index in [9.17, 15) is 4.79 Å². The molecule has 0 saturated heterocycles. The molecule has 1 aliphatic rings. The van der Waals surface area contributed by atoms with Gasteiger partial charge in [0.15, 0.2) is 0 Å². The molecule has 2 aromatic carbocycles. The molecule has 140 valence electrons. The van der Waals surface area contributed by atoms with Gasteiger partial charge in [0.05, 0.1) is 21.3 Å². The number of carbonyl (C=O) groups excluding carboxylic acids is 1. The van der Waals surface area contributed by atoms with Crippen molar-refractivity contribution < 1.29 is 4.79 Å². The number of benzene rings is 2. The molecule has 0 fully saturated rings. The number of aryl methyl sites for hydroxylation is 1. The normalized spacial score (nSPS) is 16.3. The maximum Gasteiger partial charge on any atom is 0.223 e. The number of aromatic nitrogens is 2. The molecule has 4 aromatic rings. The largest absolute Gasteiger partial charge is 0.348 e. The van der Waals surface area contributed by atoms with Gasteiger partial charge in [0.25, 0.3) is 0 Å². The molecule has 5 rings (SSSR count). The molecule has 0 radical (unpaired) electrons. The summed E-state index contributed by atoms with van der Waals surface area (Å²) in [7, 11) is 0. The average Bonchev–Trinajstić information content (AvgIpc) is 3.38. The third-order valence-electron chi connectivity index (χ3n) is 5.36. The average molecular weight is 388 g/mol. The van der Waals surface area contributed by atoms with Crippen LogP contribution in [0.3, 0.4) is 0 Å². The molecular weight excluding hydrogens is 366 g/mol. The van der Waals surface area contributed by atoms with Crippen molar-refractivity contribution in [3.63, 3.8) is 0 Å². The summed E-state index contributed by atoms with van der Waals surface area (Å²) < 4.78 is 3.44. The first-order valence-corrected chi connectivity index (χ1v) is 10.4. The van der Waals surface area contributed by atoms with E-state index in [0.29, 0.717) is 12.8 Å². The van der Waals surface area contributed by atoms with Crippen molar-refractivity contribution in [3.8, 4) is 0 Å². The second-order valence-corrected chi connectivity index (χ2v) is 8.22. The summed E-state index contributed by atoms with van der Waals surface area (Å²) in [6.45, 7) is 1.58. The molecule has 1 unspecified atom stereocenters. The zero-order valence-electron chi connectivity index (χ0n) is 15.5. The summed E-state index contributed by atoms with van der Waals surface area (Å²) in [4.78, 5) is 19.9. The van der Waals surface area contributed by atoms with E-state index in [1.165, 1.54) is 10.4 Å². The van der Waals surface area contributed by atoms with Crippen LogP contribution in [0.25, 0.3) is 10.2 Å². The van der Waals surface area contributed by atoms with Gasteiger partial charge >= 0.3 is 0 Å². The molecule has 5 heteroatoms. The third kappa shape index (κ3) is 3.12. The Balaban J connectivity index is 1.38. The minimum Gasteiger partial charge on any atom is -0.348 e. The van der Waals surface area contributed by atoms with Gasteiger partial charge in [-0.1, -0.05) is 42.5 Å². The third-order valence-corrected chi connectivity index (χ3v) is 6.46. The second kappa shape index (κ2) is 7.24. The standard InChI is InChI=1S/C23H21N3OS/c27-22(13-12-21-24-18-9-4-5-11-20(18)28-21)26-16-15-25-14-6-10-19(25)23(26)17-7-2-1-3-8-17/h1-11,14,23H,12-13,15-16H2. The van der Waals surface area contributed by atoms with Crippen LogP contribution in [0.1, 0.15) is 28.7 Å². The Morgan fingerprint density at radius 1 is 1.00 bits per heavy atom. The highest BCUT2D eigenvalue weighted by Gasteiger charge is 2.31. The van der Waals surface area contributed by atoms with Crippen molar-refractivity contribution in [2.45, 2.75) is 25.4 Å². The number of thiazole rings is 1. The quantitative estimate of drug-likeness (QED) is 0.511. The van der Waals surface area contributed by atoms with Crippen LogP contribution in [-0.4, -0.2) is 26.9 Å². The minimum absolute atomic E-state index is 0.0205. The highest BCUT2D eigenvalue weighted by atomic mass is 32.1. The van der Waals surface area contributed by atoms with Crippen LogP contribution in [0.2, 0.25) is 0 Å². The Morgan fingerprint density at radius 3 is 2.68 bits per heavy atom. The number of nitrogens with zero attached hydrogens (tertiary/aromatic N) is 3. The maximum absolute atomic E-state index is 13.2. The van der Waals surface area contributed by atoms with E-state index in [1.807, 2.05) is 41.3 Å². The molecule has 0 aliphatic carbocycles. The molecule has 28 heavy (non-hydrogen) atoms. The summed E-state index contributed by atoms with van der Waals surface area (Å²) in [5, 5.41) is 1.03. The smallest absolute Gasteiger partial charge is 0.223 e. The second-order valence-electron chi connectivity index (χ2n) is 7.10. The van der Waals surface area contributed by atoms with Gasteiger partial charge in [-0.3, -0.25) is 4.79 Å². The van der Waals surface area contributed by atoms with Crippen molar-refractivity contribution in [2.75, 3.05) is 6.54 Å². The van der Waals surface area contributed by atoms with Crippen LogP contribution in [0.15, 0.2) is 72.9 Å². The number of hydrogen-bond donors (Lipinski definition) is 0. The van der Waals surface area contributed by atoms with E-state index in [1.54, 1.807) is 11.3 Å². The Kier molecular flexibility index (Phi) is 4.45. The van der Waals surface area contributed by atoms with E-state index in [2.05, 4.69) is 46.1 Å². The first kappa shape index (κ1) is 17.2. The van der Waals surface area contributed by atoms with Gasteiger partial charge in [-0.15, -0.1) is 11.3 Å². The van der Waals surface area contributed by atoms with Crippen molar-refractivity contribution >= 4 is 27.5 Å². The van der Waals surface area contributed by atoms with Crippen LogP contribution in [-0.2, 0) is 17.8 Å². The highest BCUT2D eigenvalue weighted by molar-refractivity contribution is 7.18.